The van der Waals surface area contributed by atoms with Gasteiger partial charge in [-0.05, 0) is 42.7 Å². The molecule has 1 aromatic carbocycles. The second-order valence-corrected chi connectivity index (χ2v) is 7.66. The van der Waals surface area contributed by atoms with Gasteiger partial charge in [-0.15, -0.1) is 0 Å². The fourth-order valence-corrected chi connectivity index (χ4v) is 3.93. The molecule has 0 aliphatic carbocycles. The van der Waals surface area contributed by atoms with E-state index in [1.54, 1.807) is 30.3 Å². The molecule has 3 aromatic rings. The number of rotatable bonds is 6. The molecule has 8 heteroatoms. The summed E-state index contributed by atoms with van der Waals surface area (Å²) in [6.07, 6.45) is 6.26. The van der Waals surface area contributed by atoms with E-state index in [0.29, 0.717) is 31.7 Å². The summed E-state index contributed by atoms with van der Waals surface area (Å²) in [6.45, 7) is 1.04. The molecule has 2 amide bonds. The average molecular weight is 422 g/mol. The lowest BCUT2D eigenvalue weighted by Crippen LogP contribution is -2.44. The van der Waals surface area contributed by atoms with Crippen LogP contribution in [-0.4, -0.2) is 46.5 Å². The number of hydrogen-bond acceptors (Lipinski definition) is 5. The van der Waals surface area contributed by atoms with Crippen molar-refractivity contribution in [2.75, 3.05) is 20.2 Å². The molecule has 1 fully saturated rings. The Kier molecular flexibility index (Phi) is 6.06. The molecule has 0 spiro atoms. The van der Waals surface area contributed by atoms with Crippen LogP contribution in [0.2, 0.25) is 0 Å². The maximum absolute atomic E-state index is 13.1. The van der Waals surface area contributed by atoms with E-state index >= 15 is 0 Å². The van der Waals surface area contributed by atoms with Crippen molar-refractivity contribution in [2.45, 2.75) is 18.9 Å². The normalized spacial score (nSPS) is 15.5. The molecule has 1 N–H and O–H groups in total. The van der Waals surface area contributed by atoms with Crippen LogP contribution in [0, 0.1) is 5.92 Å². The van der Waals surface area contributed by atoms with Crippen molar-refractivity contribution in [3.8, 4) is 5.75 Å². The van der Waals surface area contributed by atoms with E-state index in [4.69, 9.17) is 9.15 Å². The SMILES string of the molecule is COc1cccc(C(NC(=O)C2CCN(C(=O)c3ccco3)CC2)c2nccn2C)c1. The molecule has 1 unspecified atom stereocenters. The third-order valence-corrected chi connectivity index (χ3v) is 5.72. The highest BCUT2D eigenvalue weighted by Gasteiger charge is 2.31. The summed E-state index contributed by atoms with van der Waals surface area (Å²) in [5.74, 6) is 1.44. The lowest BCUT2D eigenvalue weighted by molar-refractivity contribution is -0.126. The summed E-state index contributed by atoms with van der Waals surface area (Å²) in [5.41, 5.74) is 0.896. The topological polar surface area (TPSA) is 89.6 Å². The van der Waals surface area contributed by atoms with E-state index in [-0.39, 0.29) is 17.7 Å². The average Bonchev–Trinajstić information content (AvgIpc) is 3.49. The third kappa shape index (κ3) is 4.47. The van der Waals surface area contributed by atoms with E-state index in [1.165, 1.54) is 6.26 Å². The standard InChI is InChI=1S/C23H26N4O4/c1-26-13-10-24-21(26)20(17-5-3-6-18(15-17)30-2)25-22(28)16-8-11-27(12-9-16)23(29)19-7-4-14-31-19/h3-7,10,13-16,20H,8-9,11-12H2,1-2H3,(H,25,28). The Morgan fingerprint density at radius 1 is 1.23 bits per heavy atom. The van der Waals surface area contributed by atoms with Crippen molar-refractivity contribution < 1.29 is 18.7 Å². The van der Waals surface area contributed by atoms with Crippen LogP contribution in [0.15, 0.2) is 59.5 Å². The number of imidazole rings is 1. The van der Waals surface area contributed by atoms with Crippen LogP contribution >= 0.6 is 0 Å². The number of aryl methyl sites for hydroxylation is 1. The largest absolute Gasteiger partial charge is 0.497 e. The molecule has 3 heterocycles. The highest BCUT2D eigenvalue weighted by atomic mass is 16.5. The molecule has 0 bridgehead atoms. The van der Waals surface area contributed by atoms with E-state index < -0.39 is 6.04 Å². The second-order valence-electron chi connectivity index (χ2n) is 7.66. The number of furan rings is 1. The predicted octanol–water partition coefficient (Wildman–Crippen LogP) is 2.78. The van der Waals surface area contributed by atoms with E-state index in [1.807, 2.05) is 42.1 Å². The number of carbonyl (C=O) groups excluding carboxylic acids is 2. The number of amides is 2. The van der Waals surface area contributed by atoms with Gasteiger partial charge in [0, 0.05) is 38.4 Å². The zero-order chi connectivity index (χ0) is 21.8. The molecule has 1 aliphatic rings. The first-order valence-electron chi connectivity index (χ1n) is 10.3. The molecule has 2 aromatic heterocycles. The van der Waals surface area contributed by atoms with Gasteiger partial charge in [0.2, 0.25) is 5.91 Å². The molecule has 162 valence electrons. The minimum atomic E-state index is -0.398. The van der Waals surface area contributed by atoms with Gasteiger partial charge in [0.1, 0.15) is 17.6 Å². The molecule has 1 saturated heterocycles. The van der Waals surface area contributed by atoms with Gasteiger partial charge < -0.3 is 23.9 Å². The van der Waals surface area contributed by atoms with Crippen LogP contribution in [0.3, 0.4) is 0 Å². The molecule has 1 atom stereocenters. The molecule has 0 saturated carbocycles. The number of hydrogen-bond donors (Lipinski definition) is 1. The maximum atomic E-state index is 13.1. The zero-order valence-electron chi connectivity index (χ0n) is 17.7. The van der Waals surface area contributed by atoms with Crippen LogP contribution in [-0.2, 0) is 11.8 Å². The van der Waals surface area contributed by atoms with Crippen LogP contribution < -0.4 is 10.1 Å². The number of carbonyl (C=O) groups is 2. The molecular formula is C23H26N4O4. The monoisotopic (exact) mass is 422 g/mol. The van der Waals surface area contributed by atoms with E-state index in [9.17, 15) is 9.59 Å². The van der Waals surface area contributed by atoms with E-state index in [2.05, 4.69) is 10.3 Å². The molecule has 31 heavy (non-hydrogen) atoms. The van der Waals surface area contributed by atoms with Crippen molar-refractivity contribution in [2.24, 2.45) is 13.0 Å². The van der Waals surface area contributed by atoms with Gasteiger partial charge in [-0.1, -0.05) is 12.1 Å². The van der Waals surface area contributed by atoms with Crippen molar-refractivity contribution in [1.29, 1.82) is 0 Å². The Balaban J connectivity index is 1.46. The number of nitrogens with one attached hydrogen (secondary N) is 1. The summed E-state index contributed by atoms with van der Waals surface area (Å²) in [6, 6.07) is 10.6. The Morgan fingerprint density at radius 3 is 2.68 bits per heavy atom. The maximum Gasteiger partial charge on any atom is 0.289 e. The lowest BCUT2D eigenvalue weighted by Gasteiger charge is -2.31. The van der Waals surface area contributed by atoms with Gasteiger partial charge in [-0.3, -0.25) is 9.59 Å². The number of benzene rings is 1. The highest BCUT2D eigenvalue weighted by Crippen LogP contribution is 2.26. The number of piperidine rings is 1. The summed E-state index contributed by atoms with van der Waals surface area (Å²) >= 11 is 0. The van der Waals surface area contributed by atoms with Crippen LogP contribution in [0.1, 0.15) is 40.8 Å². The first kappa shape index (κ1) is 20.7. The second kappa shape index (κ2) is 9.07. The highest BCUT2D eigenvalue weighted by molar-refractivity contribution is 5.91. The first-order chi connectivity index (χ1) is 15.1. The predicted molar refractivity (Wildman–Crippen MR) is 114 cm³/mol. The molecular weight excluding hydrogens is 396 g/mol. The molecule has 4 rings (SSSR count). The summed E-state index contributed by atoms with van der Waals surface area (Å²) < 4.78 is 12.5. The molecule has 8 nitrogen and oxygen atoms in total. The summed E-state index contributed by atoms with van der Waals surface area (Å²) in [7, 11) is 3.52. The number of nitrogens with zero attached hydrogens (tertiary/aromatic N) is 3. The zero-order valence-corrected chi connectivity index (χ0v) is 17.7. The van der Waals surface area contributed by atoms with Crippen LogP contribution in [0.25, 0.3) is 0 Å². The van der Waals surface area contributed by atoms with E-state index in [0.717, 1.165) is 17.1 Å². The number of aromatic nitrogens is 2. The van der Waals surface area contributed by atoms with Gasteiger partial charge >= 0.3 is 0 Å². The van der Waals surface area contributed by atoms with Gasteiger partial charge in [-0.25, -0.2) is 4.98 Å². The summed E-state index contributed by atoms with van der Waals surface area (Å²) in [5, 5.41) is 3.17. The number of likely N-dealkylation sites (tertiary alicyclic amines) is 1. The van der Waals surface area contributed by atoms with Gasteiger partial charge in [0.15, 0.2) is 5.76 Å². The minimum absolute atomic E-state index is 0.0408. The Morgan fingerprint density at radius 2 is 2.03 bits per heavy atom. The smallest absolute Gasteiger partial charge is 0.289 e. The first-order valence-corrected chi connectivity index (χ1v) is 10.3. The number of methoxy groups -OCH3 is 1. The fraction of sp³-hybridized carbons (Fsp3) is 0.348. The minimum Gasteiger partial charge on any atom is -0.497 e. The Bertz CT molecular complexity index is 1040. The van der Waals surface area contributed by atoms with Crippen molar-refractivity contribution >= 4 is 11.8 Å². The third-order valence-electron chi connectivity index (χ3n) is 5.72. The van der Waals surface area contributed by atoms with Crippen molar-refractivity contribution in [3.05, 3.63) is 72.2 Å². The lowest BCUT2D eigenvalue weighted by atomic mass is 9.94. The summed E-state index contributed by atoms with van der Waals surface area (Å²) in [4.78, 5) is 31.8. The quantitative estimate of drug-likeness (QED) is 0.660. The van der Waals surface area contributed by atoms with Gasteiger partial charge in [0.25, 0.3) is 5.91 Å². The van der Waals surface area contributed by atoms with Crippen molar-refractivity contribution in [1.82, 2.24) is 19.8 Å². The van der Waals surface area contributed by atoms with Gasteiger partial charge in [0.05, 0.1) is 13.4 Å². The van der Waals surface area contributed by atoms with Crippen LogP contribution in [0.5, 0.6) is 5.75 Å². The number of ether oxygens (including phenoxy) is 1. The molecule has 1 aliphatic heterocycles. The van der Waals surface area contributed by atoms with Gasteiger partial charge in [-0.2, -0.15) is 0 Å². The Labute approximate surface area is 180 Å². The Hall–Kier alpha value is -3.55. The van der Waals surface area contributed by atoms with Crippen LogP contribution in [0.4, 0.5) is 0 Å². The fourth-order valence-electron chi connectivity index (χ4n) is 3.93. The molecule has 0 radical (unpaired) electrons. The van der Waals surface area contributed by atoms with Crippen molar-refractivity contribution in [3.63, 3.8) is 0 Å².